The van der Waals surface area contributed by atoms with Gasteiger partial charge in [0.05, 0.1) is 4.90 Å². The third-order valence-electron chi connectivity index (χ3n) is 7.02. The molecule has 38 heavy (non-hydrogen) atoms. The fourth-order valence-corrected chi connectivity index (χ4v) is 6.24. The second-order valence-electron chi connectivity index (χ2n) is 10.7. The predicted molar refractivity (Wildman–Crippen MR) is 150 cm³/mol. The number of rotatable bonds is 10. The van der Waals surface area contributed by atoms with Gasteiger partial charge < -0.3 is 10.6 Å². The first kappa shape index (κ1) is 29.6. The van der Waals surface area contributed by atoms with Crippen molar-refractivity contribution in [3.63, 3.8) is 0 Å². The largest absolute Gasteiger partial charge is 0.383 e. The lowest BCUT2D eigenvalue weighted by Gasteiger charge is -2.34. The van der Waals surface area contributed by atoms with E-state index in [0.717, 1.165) is 12.0 Å². The highest BCUT2D eigenvalue weighted by Gasteiger charge is 2.36. The molecule has 10 nitrogen and oxygen atoms in total. The Morgan fingerprint density at radius 3 is 2.24 bits per heavy atom. The SMILES string of the molecule is CCCCn1c(N)c(N(CC(C)C)C(=O)C2CCN(S(=O)(=O)c3ccc(C(C)C)cc3)CC2)c(=O)[nH]c1=O. The molecule has 2 heterocycles. The number of H-pyrrole nitrogens is 1. The molecule has 0 saturated carbocycles. The molecule has 1 amide bonds. The molecule has 1 aliphatic heterocycles. The smallest absolute Gasteiger partial charge is 0.330 e. The van der Waals surface area contributed by atoms with E-state index in [4.69, 9.17) is 5.73 Å². The maximum absolute atomic E-state index is 13.7. The van der Waals surface area contributed by atoms with Gasteiger partial charge in [0.1, 0.15) is 5.82 Å². The summed E-state index contributed by atoms with van der Waals surface area (Å²) in [5.41, 5.74) is 6.06. The van der Waals surface area contributed by atoms with E-state index in [9.17, 15) is 22.8 Å². The number of amides is 1. The third kappa shape index (κ3) is 6.37. The second-order valence-corrected chi connectivity index (χ2v) is 12.7. The van der Waals surface area contributed by atoms with Crippen LogP contribution < -0.4 is 21.9 Å². The summed E-state index contributed by atoms with van der Waals surface area (Å²) in [5, 5.41) is 0. The van der Waals surface area contributed by atoms with Crippen molar-refractivity contribution in [2.24, 2.45) is 11.8 Å². The number of nitrogens with two attached hydrogens (primary N) is 1. The molecule has 0 unspecified atom stereocenters. The zero-order chi connectivity index (χ0) is 28.2. The number of aromatic amines is 1. The van der Waals surface area contributed by atoms with E-state index in [-0.39, 0.29) is 47.9 Å². The van der Waals surface area contributed by atoms with Gasteiger partial charge >= 0.3 is 5.69 Å². The van der Waals surface area contributed by atoms with Gasteiger partial charge in [-0.3, -0.25) is 19.1 Å². The maximum atomic E-state index is 13.7. The minimum Gasteiger partial charge on any atom is -0.383 e. The number of unbranched alkanes of at least 4 members (excludes halogenated alkanes) is 1. The van der Waals surface area contributed by atoms with Crippen LogP contribution in [0.2, 0.25) is 0 Å². The van der Waals surface area contributed by atoms with Crippen molar-refractivity contribution in [2.75, 3.05) is 30.3 Å². The molecular formula is C27H41N5O5S. The Labute approximate surface area is 224 Å². The Kier molecular flexibility index (Phi) is 9.59. The molecule has 2 aromatic rings. The topological polar surface area (TPSA) is 139 Å². The molecule has 3 rings (SSSR count). The lowest BCUT2D eigenvalue weighted by molar-refractivity contribution is -0.123. The van der Waals surface area contributed by atoms with Crippen molar-refractivity contribution >= 4 is 27.4 Å². The van der Waals surface area contributed by atoms with Crippen LogP contribution in [0.4, 0.5) is 11.5 Å². The molecule has 1 saturated heterocycles. The average Bonchev–Trinajstić information content (AvgIpc) is 2.87. The Morgan fingerprint density at radius 1 is 1.11 bits per heavy atom. The number of carbonyl (C=O) groups excluding carboxylic acids is 1. The molecular weight excluding hydrogens is 506 g/mol. The van der Waals surface area contributed by atoms with E-state index in [1.165, 1.54) is 13.8 Å². The monoisotopic (exact) mass is 547 g/mol. The molecule has 1 fully saturated rings. The van der Waals surface area contributed by atoms with Crippen LogP contribution in [0.1, 0.15) is 71.8 Å². The first-order chi connectivity index (χ1) is 17.9. The summed E-state index contributed by atoms with van der Waals surface area (Å²) in [6, 6.07) is 6.93. The van der Waals surface area contributed by atoms with Crippen LogP contribution in [0.15, 0.2) is 38.8 Å². The number of piperidine rings is 1. The number of nitrogens with zero attached hydrogens (tertiary/aromatic N) is 3. The van der Waals surface area contributed by atoms with Crippen molar-refractivity contribution < 1.29 is 13.2 Å². The minimum atomic E-state index is -3.68. The molecule has 3 N–H and O–H groups in total. The highest BCUT2D eigenvalue weighted by atomic mass is 32.2. The number of benzene rings is 1. The standard InChI is InChI=1S/C27H41N5O5S/c1-6-7-14-31-24(28)23(25(33)29-27(31)35)32(17-18(2)3)26(34)21-12-15-30(16-13-21)38(36,37)22-10-8-20(9-11-22)19(4)5/h8-11,18-19,21H,6-7,12-17,28H2,1-5H3,(H,29,33,35). The zero-order valence-corrected chi connectivity index (χ0v) is 23.9. The van der Waals surface area contributed by atoms with Gasteiger partial charge in [-0.25, -0.2) is 13.2 Å². The second kappa shape index (κ2) is 12.3. The molecule has 210 valence electrons. The molecule has 1 aliphatic rings. The molecule has 0 aliphatic carbocycles. The molecule has 0 bridgehead atoms. The number of carbonyl (C=O) groups is 1. The van der Waals surface area contributed by atoms with Crippen LogP contribution in [0, 0.1) is 11.8 Å². The number of nitrogens with one attached hydrogen (secondary N) is 1. The van der Waals surface area contributed by atoms with Crippen LogP contribution in [-0.4, -0.2) is 47.8 Å². The number of hydrogen-bond donors (Lipinski definition) is 2. The van der Waals surface area contributed by atoms with Gasteiger partial charge in [0.15, 0.2) is 5.69 Å². The molecule has 0 atom stereocenters. The average molecular weight is 548 g/mol. The summed E-state index contributed by atoms with van der Waals surface area (Å²) < 4.78 is 29.2. The summed E-state index contributed by atoms with van der Waals surface area (Å²) in [7, 11) is -3.68. The quantitative estimate of drug-likeness (QED) is 0.469. The number of anilines is 2. The van der Waals surface area contributed by atoms with Crippen molar-refractivity contribution in [3.8, 4) is 0 Å². The van der Waals surface area contributed by atoms with E-state index in [1.54, 1.807) is 12.1 Å². The molecule has 0 radical (unpaired) electrons. The van der Waals surface area contributed by atoms with Gasteiger partial charge in [-0.05, 0) is 48.8 Å². The van der Waals surface area contributed by atoms with Gasteiger partial charge in [0.25, 0.3) is 5.56 Å². The van der Waals surface area contributed by atoms with E-state index in [1.807, 2.05) is 32.9 Å². The number of nitrogen functional groups attached to an aromatic ring is 1. The highest BCUT2D eigenvalue weighted by Crippen LogP contribution is 2.29. The summed E-state index contributed by atoms with van der Waals surface area (Å²) in [6.45, 7) is 10.9. The summed E-state index contributed by atoms with van der Waals surface area (Å²) in [6.07, 6.45) is 2.17. The molecule has 1 aromatic heterocycles. The van der Waals surface area contributed by atoms with E-state index >= 15 is 0 Å². The number of sulfonamides is 1. The predicted octanol–water partition coefficient (Wildman–Crippen LogP) is 3.13. The van der Waals surface area contributed by atoms with Crippen LogP contribution in [0.25, 0.3) is 0 Å². The normalized spacial score (nSPS) is 15.3. The first-order valence-electron chi connectivity index (χ1n) is 13.4. The Morgan fingerprint density at radius 2 is 1.71 bits per heavy atom. The third-order valence-corrected chi connectivity index (χ3v) is 8.93. The van der Waals surface area contributed by atoms with Crippen molar-refractivity contribution in [1.29, 1.82) is 0 Å². The van der Waals surface area contributed by atoms with Crippen LogP contribution in [0.3, 0.4) is 0 Å². The Balaban J connectivity index is 1.83. The summed E-state index contributed by atoms with van der Waals surface area (Å²) >= 11 is 0. The summed E-state index contributed by atoms with van der Waals surface area (Å²) in [5.74, 6) is -0.447. The van der Waals surface area contributed by atoms with E-state index in [2.05, 4.69) is 18.8 Å². The maximum Gasteiger partial charge on any atom is 0.330 e. The lowest BCUT2D eigenvalue weighted by atomic mass is 9.96. The van der Waals surface area contributed by atoms with Crippen LogP contribution in [-0.2, 0) is 21.4 Å². The number of hydrogen-bond acceptors (Lipinski definition) is 6. The highest BCUT2D eigenvalue weighted by molar-refractivity contribution is 7.89. The van der Waals surface area contributed by atoms with Gasteiger partial charge in [0.2, 0.25) is 15.9 Å². The van der Waals surface area contributed by atoms with Crippen molar-refractivity contribution in [2.45, 2.75) is 77.7 Å². The van der Waals surface area contributed by atoms with Gasteiger partial charge in [-0.1, -0.05) is 53.2 Å². The van der Waals surface area contributed by atoms with Crippen molar-refractivity contribution in [3.05, 3.63) is 50.7 Å². The van der Waals surface area contributed by atoms with Crippen LogP contribution >= 0.6 is 0 Å². The number of aromatic nitrogens is 2. The van der Waals surface area contributed by atoms with Crippen LogP contribution in [0.5, 0.6) is 0 Å². The van der Waals surface area contributed by atoms with E-state index < -0.39 is 27.2 Å². The molecule has 0 spiro atoms. The van der Waals surface area contributed by atoms with Crippen molar-refractivity contribution in [1.82, 2.24) is 13.9 Å². The van der Waals surface area contributed by atoms with Gasteiger partial charge in [0, 0.05) is 32.1 Å². The molecule has 1 aromatic carbocycles. The van der Waals surface area contributed by atoms with Gasteiger partial charge in [-0.2, -0.15) is 4.31 Å². The summed E-state index contributed by atoms with van der Waals surface area (Å²) in [4.78, 5) is 42.9. The Bertz CT molecular complexity index is 1340. The molecule has 11 heteroatoms. The minimum absolute atomic E-state index is 0.0142. The van der Waals surface area contributed by atoms with E-state index in [0.29, 0.717) is 31.7 Å². The fraction of sp³-hybridized carbons (Fsp3) is 0.593. The fourth-order valence-electron chi connectivity index (χ4n) is 4.77. The van der Waals surface area contributed by atoms with Gasteiger partial charge in [-0.15, -0.1) is 0 Å². The first-order valence-corrected chi connectivity index (χ1v) is 14.9. The zero-order valence-electron chi connectivity index (χ0n) is 23.1. The lowest BCUT2D eigenvalue weighted by Crippen LogP contribution is -2.48. The Hall–Kier alpha value is -2.92.